The Kier molecular flexibility index (Phi) is 14.3. The smallest absolute Gasteiger partial charge is 0.407 e. The lowest BCUT2D eigenvalue weighted by molar-refractivity contribution is -0.143. The Bertz CT molecular complexity index is 1880. The highest BCUT2D eigenvalue weighted by Gasteiger charge is 2.34. The zero-order valence-electron chi connectivity index (χ0n) is 32.8. The number of aliphatic hydroxyl groups is 1. The largest absolute Gasteiger partial charge is 0.493 e. The zero-order valence-corrected chi connectivity index (χ0v) is 32.8. The lowest BCUT2D eigenvalue weighted by atomic mass is 9.88. The number of amides is 1. The van der Waals surface area contributed by atoms with Crippen molar-refractivity contribution < 1.29 is 57.4 Å². The van der Waals surface area contributed by atoms with Crippen LogP contribution in [-0.2, 0) is 25.5 Å². The molecule has 3 unspecified atom stereocenters. The highest BCUT2D eigenvalue weighted by atomic mass is 16.6. The summed E-state index contributed by atoms with van der Waals surface area (Å²) in [5.74, 6) is -1.36. The number of hydrogen-bond donors (Lipinski definition) is 2. The van der Waals surface area contributed by atoms with E-state index in [2.05, 4.69) is 5.32 Å². The van der Waals surface area contributed by atoms with Crippen LogP contribution in [0.3, 0.4) is 0 Å². The summed E-state index contributed by atoms with van der Waals surface area (Å²) in [6.07, 6.45) is -1.01. The Morgan fingerprint density at radius 1 is 0.873 bits per heavy atom. The summed E-state index contributed by atoms with van der Waals surface area (Å²) >= 11 is 0. The van der Waals surface area contributed by atoms with Gasteiger partial charge in [-0.3, -0.25) is 14.4 Å². The molecule has 296 valence electrons. The molecule has 0 aromatic heterocycles. The molecule has 0 fully saturated rings. The van der Waals surface area contributed by atoms with Gasteiger partial charge in [-0.15, -0.1) is 0 Å². The van der Waals surface area contributed by atoms with E-state index in [1.165, 1.54) is 34.5 Å². The van der Waals surface area contributed by atoms with Gasteiger partial charge >= 0.3 is 12.1 Å². The van der Waals surface area contributed by atoms with Crippen LogP contribution in [-0.4, -0.2) is 81.5 Å². The predicted octanol–water partition coefficient (Wildman–Crippen LogP) is 6.14. The maximum absolute atomic E-state index is 14.0. The summed E-state index contributed by atoms with van der Waals surface area (Å²) in [5, 5.41) is 14.0. The van der Waals surface area contributed by atoms with Crippen LogP contribution < -0.4 is 33.7 Å². The average Bonchev–Trinajstić information content (AvgIpc) is 3.30. The van der Waals surface area contributed by atoms with Crippen LogP contribution in [0, 0.1) is 11.8 Å². The lowest BCUT2D eigenvalue weighted by Gasteiger charge is -2.27. The number of carbonyl (C=O) groups excluding carboxylic acids is 4. The van der Waals surface area contributed by atoms with E-state index in [-0.39, 0.29) is 66.3 Å². The van der Waals surface area contributed by atoms with Crippen LogP contribution in [0.4, 0.5) is 4.79 Å². The topological polar surface area (TPSA) is 165 Å². The van der Waals surface area contributed by atoms with Gasteiger partial charge in [-0.2, -0.15) is 0 Å². The van der Waals surface area contributed by atoms with E-state index < -0.39 is 41.5 Å². The van der Waals surface area contributed by atoms with E-state index in [9.17, 15) is 24.3 Å². The van der Waals surface area contributed by atoms with Crippen LogP contribution in [0.2, 0.25) is 0 Å². The van der Waals surface area contributed by atoms with Gasteiger partial charge in [0.1, 0.15) is 11.7 Å². The minimum Gasteiger partial charge on any atom is -0.493 e. The Morgan fingerprint density at radius 2 is 1.55 bits per heavy atom. The number of Topliss-reactive ketones (excluding diaryl/α,β-unsaturated/α-hetero) is 1. The van der Waals surface area contributed by atoms with Crippen LogP contribution >= 0.6 is 0 Å². The summed E-state index contributed by atoms with van der Waals surface area (Å²) in [6, 6.07) is 14.6. The van der Waals surface area contributed by atoms with Crippen molar-refractivity contribution in [2.45, 2.75) is 71.6 Å². The van der Waals surface area contributed by atoms with Crippen LogP contribution in [0.15, 0.2) is 60.7 Å². The Balaban J connectivity index is 1.65. The summed E-state index contributed by atoms with van der Waals surface area (Å²) in [7, 11) is 5.79. The first kappa shape index (κ1) is 42.2. The SMILES string of the molecule is COc1ccc(C2=CC(=O)COc3c2cc(OC)c(OC)c3OC)cc1OC(=O)C(CC(=O)C(O)C(Cc1ccccc1)NC(=O)OC(C)(C)C)CC(C)C. The highest BCUT2D eigenvalue weighted by molar-refractivity contribution is 6.04. The number of aliphatic hydroxyl groups excluding tert-OH is 1. The van der Waals surface area contributed by atoms with Gasteiger partial charge in [0, 0.05) is 12.0 Å². The molecule has 13 heteroatoms. The molecule has 0 bridgehead atoms. The van der Waals surface area contributed by atoms with Crippen molar-refractivity contribution in [2.24, 2.45) is 11.8 Å². The molecule has 4 rings (SSSR count). The number of benzene rings is 3. The van der Waals surface area contributed by atoms with Crippen molar-refractivity contribution >= 4 is 29.2 Å². The molecule has 0 radical (unpaired) electrons. The van der Waals surface area contributed by atoms with Crippen molar-refractivity contribution in [3.63, 3.8) is 0 Å². The average molecular weight is 762 g/mol. The maximum atomic E-state index is 14.0. The standard InChI is InChI=1S/C42H51NO12/c1-24(2)17-27(19-32(45)36(46)31(18-25-13-11-10-12-14-25)43-41(48)55-42(3,4)5)40(47)54-34-20-26(15-16-33(34)49-6)29-21-28(44)23-53-37-30(29)22-35(50-7)38(51-8)39(37)52-9/h10-16,20-22,24,27,31,36,46H,17-19,23H2,1-9H3,(H,43,48). The number of hydrogen-bond acceptors (Lipinski definition) is 12. The van der Waals surface area contributed by atoms with Gasteiger partial charge in [-0.25, -0.2) is 4.79 Å². The van der Waals surface area contributed by atoms with Gasteiger partial charge < -0.3 is 43.6 Å². The second-order valence-electron chi connectivity index (χ2n) is 14.5. The van der Waals surface area contributed by atoms with Crippen molar-refractivity contribution in [3.05, 3.63) is 77.4 Å². The first-order chi connectivity index (χ1) is 26.1. The molecule has 55 heavy (non-hydrogen) atoms. The summed E-state index contributed by atoms with van der Waals surface area (Å²) in [4.78, 5) is 53.4. The van der Waals surface area contributed by atoms with Crippen LogP contribution in [0.1, 0.15) is 64.2 Å². The number of carbonyl (C=O) groups is 4. The molecule has 1 heterocycles. The summed E-state index contributed by atoms with van der Waals surface area (Å²) in [5.41, 5.74) is 1.33. The minimum atomic E-state index is -1.66. The summed E-state index contributed by atoms with van der Waals surface area (Å²) < 4.78 is 39.5. The molecular formula is C42H51NO12. The third kappa shape index (κ3) is 11.0. The fourth-order valence-corrected chi connectivity index (χ4v) is 6.24. The molecule has 0 spiro atoms. The van der Waals surface area contributed by atoms with Gasteiger partial charge in [0.2, 0.25) is 11.5 Å². The van der Waals surface area contributed by atoms with Crippen LogP contribution in [0.25, 0.3) is 5.57 Å². The number of ether oxygens (including phenoxy) is 7. The third-order valence-electron chi connectivity index (χ3n) is 8.67. The van der Waals surface area contributed by atoms with E-state index in [1.807, 2.05) is 44.2 Å². The van der Waals surface area contributed by atoms with Gasteiger partial charge in [0.25, 0.3) is 0 Å². The number of ketones is 2. The number of rotatable bonds is 16. The minimum absolute atomic E-state index is 0.0312. The van der Waals surface area contributed by atoms with Crippen molar-refractivity contribution in [2.75, 3.05) is 35.0 Å². The van der Waals surface area contributed by atoms with Crippen molar-refractivity contribution in [1.82, 2.24) is 5.32 Å². The Labute approximate surface area is 321 Å². The molecule has 2 N–H and O–H groups in total. The molecule has 0 saturated heterocycles. The fraction of sp³-hybridized carbons (Fsp3) is 0.429. The third-order valence-corrected chi connectivity index (χ3v) is 8.67. The highest BCUT2D eigenvalue weighted by Crippen LogP contribution is 2.50. The first-order valence-electron chi connectivity index (χ1n) is 17.9. The summed E-state index contributed by atoms with van der Waals surface area (Å²) in [6.45, 7) is 8.66. The quantitative estimate of drug-likeness (QED) is 0.127. The zero-order chi connectivity index (χ0) is 40.4. The molecular weight excluding hydrogens is 710 g/mol. The predicted molar refractivity (Wildman–Crippen MR) is 204 cm³/mol. The Hall–Kier alpha value is -5.56. The number of alkyl carbamates (subject to hydrolysis) is 1. The van der Waals surface area contributed by atoms with Gasteiger partial charge in [-0.05, 0) is 80.5 Å². The number of nitrogens with one attached hydrogen (secondary N) is 1. The normalized spacial score (nSPS) is 14.2. The molecule has 1 amide bonds. The number of fused-ring (bicyclic) bond motifs is 1. The molecule has 3 aromatic rings. The maximum Gasteiger partial charge on any atom is 0.407 e. The van der Waals surface area contributed by atoms with Crippen LogP contribution in [0.5, 0.6) is 34.5 Å². The second kappa shape index (κ2) is 18.7. The second-order valence-corrected chi connectivity index (χ2v) is 14.5. The molecule has 1 aliphatic rings. The molecule has 1 aliphatic heterocycles. The number of methoxy groups -OCH3 is 4. The van der Waals surface area contributed by atoms with E-state index in [0.29, 0.717) is 22.4 Å². The van der Waals surface area contributed by atoms with Gasteiger partial charge in [0.05, 0.1) is 40.4 Å². The number of esters is 1. The van der Waals surface area contributed by atoms with E-state index in [1.54, 1.807) is 45.0 Å². The molecule has 3 atom stereocenters. The monoisotopic (exact) mass is 761 g/mol. The molecule has 13 nitrogen and oxygen atoms in total. The van der Waals surface area contributed by atoms with Gasteiger partial charge in [-0.1, -0.05) is 50.2 Å². The molecule has 3 aromatic carbocycles. The molecule has 0 aliphatic carbocycles. The Morgan fingerprint density at radius 3 is 2.15 bits per heavy atom. The molecule has 0 saturated carbocycles. The van der Waals surface area contributed by atoms with E-state index in [0.717, 1.165) is 5.56 Å². The lowest BCUT2D eigenvalue weighted by Crippen LogP contribution is -2.50. The van der Waals surface area contributed by atoms with Crippen molar-refractivity contribution in [1.29, 1.82) is 0 Å². The first-order valence-corrected chi connectivity index (χ1v) is 17.9. The van der Waals surface area contributed by atoms with E-state index in [4.69, 9.17) is 33.2 Å². The fourth-order valence-electron chi connectivity index (χ4n) is 6.24. The van der Waals surface area contributed by atoms with Gasteiger partial charge in [0.15, 0.2) is 41.2 Å². The van der Waals surface area contributed by atoms with E-state index >= 15 is 0 Å². The van der Waals surface area contributed by atoms with Crippen molar-refractivity contribution in [3.8, 4) is 34.5 Å².